The van der Waals surface area contributed by atoms with Crippen LogP contribution in [0.2, 0.25) is 0 Å². The highest BCUT2D eigenvalue weighted by atomic mass is 79.9. The van der Waals surface area contributed by atoms with Crippen LogP contribution in [0.15, 0.2) is 89.4 Å². The Kier molecular flexibility index (Phi) is 10.9. The average molecular weight is 554 g/mol. The van der Waals surface area contributed by atoms with E-state index in [1.165, 1.54) is 5.56 Å². The second kappa shape index (κ2) is 14.1. The lowest BCUT2D eigenvalue weighted by molar-refractivity contribution is -0.139. The second-order valence-corrected chi connectivity index (χ2v) is 10.6. The number of amides is 2. The molecule has 2 amide bonds. The SMILES string of the molecule is CC[C@@H](C)NC(=O)[C@@H](Cc1ccccc1)N(Cc1cccc(Br)c1)C(=O)CSCc1ccccc1. The van der Waals surface area contributed by atoms with Crippen molar-refractivity contribution in [1.82, 2.24) is 10.2 Å². The Morgan fingerprint density at radius 1 is 0.914 bits per heavy atom. The van der Waals surface area contributed by atoms with Gasteiger partial charge in [-0.25, -0.2) is 0 Å². The molecule has 0 saturated heterocycles. The molecular weight excluding hydrogens is 520 g/mol. The molecule has 0 bridgehead atoms. The van der Waals surface area contributed by atoms with E-state index in [-0.39, 0.29) is 17.9 Å². The standard InChI is InChI=1S/C29H33BrN2O2S/c1-3-22(2)31-29(34)27(18-23-11-6-4-7-12-23)32(19-25-15-10-16-26(30)17-25)28(33)21-35-20-24-13-8-5-9-14-24/h4-17,22,27H,3,18-21H2,1-2H3,(H,31,34)/t22-,27-/m1/s1. The van der Waals surface area contributed by atoms with Gasteiger partial charge in [-0.3, -0.25) is 9.59 Å². The first kappa shape index (κ1) is 27.0. The van der Waals surface area contributed by atoms with Gasteiger partial charge in [0.2, 0.25) is 11.8 Å². The summed E-state index contributed by atoms with van der Waals surface area (Å²) in [5, 5.41) is 3.12. The Morgan fingerprint density at radius 3 is 2.17 bits per heavy atom. The van der Waals surface area contributed by atoms with Crippen molar-refractivity contribution in [3.8, 4) is 0 Å². The number of hydrogen-bond donors (Lipinski definition) is 1. The number of carbonyl (C=O) groups excluding carboxylic acids is 2. The molecule has 0 heterocycles. The minimum atomic E-state index is -0.602. The van der Waals surface area contributed by atoms with Crippen LogP contribution in [0.25, 0.3) is 0 Å². The van der Waals surface area contributed by atoms with Crippen LogP contribution in [0.5, 0.6) is 0 Å². The predicted molar refractivity (Wildman–Crippen MR) is 149 cm³/mol. The largest absolute Gasteiger partial charge is 0.352 e. The maximum atomic E-state index is 13.6. The maximum absolute atomic E-state index is 13.6. The van der Waals surface area contributed by atoms with Gasteiger partial charge in [-0.1, -0.05) is 95.7 Å². The third-order valence-electron chi connectivity index (χ3n) is 5.85. The molecule has 0 unspecified atom stereocenters. The highest BCUT2D eigenvalue weighted by Gasteiger charge is 2.30. The van der Waals surface area contributed by atoms with E-state index in [9.17, 15) is 9.59 Å². The molecule has 1 N–H and O–H groups in total. The summed E-state index contributed by atoms with van der Waals surface area (Å²) in [6, 6.07) is 27.4. The van der Waals surface area contributed by atoms with Gasteiger partial charge in [-0.2, -0.15) is 0 Å². The van der Waals surface area contributed by atoms with Gasteiger partial charge in [0, 0.05) is 29.2 Å². The first-order valence-corrected chi connectivity index (χ1v) is 13.9. The second-order valence-electron chi connectivity index (χ2n) is 8.65. The number of carbonyl (C=O) groups is 2. The zero-order valence-electron chi connectivity index (χ0n) is 20.3. The van der Waals surface area contributed by atoms with E-state index in [0.717, 1.165) is 27.8 Å². The minimum absolute atomic E-state index is 0.0360. The lowest BCUT2D eigenvalue weighted by atomic mass is 10.0. The van der Waals surface area contributed by atoms with E-state index in [2.05, 4.69) is 33.4 Å². The molecule has 0 radical (unpaired) electrons. The van der Waals surface area contributed by atoms with Crippen LogP contribution in [-0.2, 0) is 28.3 Å². The summed E-state index contributed by atoms with van der Waals surface area (Å²) in [5.74, 6) is 0.913. The average Bonchev–Trinajstić information content (AvgIpc) is 2.87. The van der Waals surface area contributed by atoms with Crippen molar-refractivity contribution >= 4 is 39.5 Å². The molecule has 3 rings (SSSR count). The van der Waals surface area contributed by atoms with Gasteiger partial charge in [-0.15, -0.1) is 11.8 Å². The molecule has 0 aliphatic carbocycles. The lowest BCUT2D eigenvalue weighted by Crippen LogP contribution is -2.52. The number of halogens is 1. The molecule has 3 aromatic rings. The fourth-order valence-corrected chi connectivity index (χ4v) is 5.06. The van der Waals surface area contributed by atoms with Crippen molar-refractivity contribution < 1.29 is 9.59 Å². The third-order valence-corrected chi connectivity index (χ3v) is 7.33. The molecule has 35 heavy (non-hydrogen) atoms. The van der Waals surface area contributed by atoms with Gasteiger partial charge in [0.15, 0.2) is 0 Å². The van der Waals surface area contributed by atoms with Gasteiger partial charge >= 0.3 is 0 Å². The molecule has 0 aliphatic heterocycles. The molecule has 2 atom stereocenters. The van der Waals surface area contributed by atoms with Gasteiger partial charge in [-0.05, 0) is 42.2 Å². The van der Waals surface area contributed by atoms with Gasteiger partial charge < -0.3 is 10.2 Å². The van der Waals surface area contributed by atoms with Crippen molar-refractivity contribution in [1.29, 1.82) is 0 Å². The Labute approximate surface area is 221 Å². The predicted octanol–water partition coefficient (Wildman–Crippen LogP) is 6.24. The fraction of sp³-hybridized carbons (Fsp3) is 0.310. The lowest BCUT2D eigenvalue weighted by Gasteiger charge is -2.32. The van der Waals surface area contributed by atoms with Crippen molar-refractivity contribution in [3.05, 3.63) is 106 Å². The van der Waals surface area contributed by atoms with E-state index < -0.39 is 6.04 Å². The number of hydrogen-bond acceptors (Lipinski definition) is 3. The van der Waals surface area contributed by atoms with Crippen LogP contribution in [0, 0.1) is 0 Å². The van der Waals surface area contributed by atoms with Crippen LogP contribution in [-0.4, -0.2) is 34.6 Å². The zero-order valence-corrected chi connectivity index (χ0v) is 22.7. The number of thioether (sulfide) groups is 1. The highest BCUT2D eigenvalue weighted by Crippen LogP contribution is 2.20. The van der Waals surface area contributed by atoms with Crippen molar-refractivity contribution in [3.63, 3.8) is 0 Å². The van der Waals surface area contributed by atoms with Gasteiger partial charge in [0.25, 0.3) is 0 Å². The number of rotatable bonds is 12. The summed E-state index contributed by atoms with van der Waals surface area (Å²) >= 11 is 5.11. The van der Waals surface area contributed by atoms with Crippen LogP contribution < -0.4 is 5.32 Å². The first-order valence-electron chi connectivity index (χ1n) is 12.0. The monoisotopic (exact) mass is 552 g/mol. The van der Waals surface area contributed by atoms with E-state index in [1.54, 1.807) is 16.7 Å². The molecular formula is C29H33BrN2O2S. The molecule has 184 valence electrons. The normalized spacial score (nSPS) is 12.5. The maximum Gasteiger partial charge on any atom is 0.243 e. The zero-order chi connectivity index (χ0) is 25.0. The first-order chi connectivity index (χ1) is 17.0. The summed E-state index contributed by atoms with van der Waals surface area (Å²) in [6.45, 7) is 4.41. The molecule has 4 nitrogen and oxygen atoms in total. The Hall–Kier alpha value is -2.57. The Balaban J connectivity index is 1.86. The number of benzene rings is 3. The summed E-state index contributed by atoms with van der Waals surface area (Å²) in [5.41, 5.74) is 3.19. The quantitative estimate of drug-likeness (QED) is 0.289. The Morgan fingerprint density at radius 2 is 1.54 bits per heavy atom. The van der Waals surface area contributed by atoms with E-state index in [1.807, 2.05) is 86.6 Å². The van der Waals surface area contributed by atoms with Crippen LogP contribution in [0.1, 0.15) is 37.0 Å². The molecule has 3 aromatic carbocycles. The third kappa shape index (κ3) is 8.86. The molecule has 0 spiro atoms. The molecule has 0 aliphatic rings. The fourth-order valence-electron chi connectivity index (χ4n) is 3.74. The summed E-state index contributed by atoms with van der Waals surface area (Å²) in [4.78, 5) is 28.9. The molecule has 0 saturated carbocycles. The van der Waals surface area contributed by atoms with E-state index in [0.29, 0.717) is 18.7 Å². The van der Waals surface area contributed by atoms with Crippen LogP contribution in [0.3, 0.4) is 0 Å². The summed E-state index contributed by atoms with van der Waals surface area (Å²) < 4.78 is 0.949. The van der Waals surface area contributed by atoms with Crippen LogP contribution >= 0.6 is 27.7 Å². The number of nitrogens with zero attached hydrogens (tertiary/aromatic N) is 1. The number of nitrogens with one attached hydrogen (secondary N) is 1. The Bertz CT molecular complexity index is 1080. The smallest absolute Gasteiger partial charge is 0.243 e. The van der Waals surface area contributed by atoms with Crippen LogP contribution in [0.4, 0.5) is 0 Å². The topological polar surface area (TPSA) is 49.4 Å². The van der Waals surface area contributed by atoms with Gasteiger partial charge in [0.05, 0.1) is 5.75 Å². The minimum Gasteiger partial charge on any atom is -0.352 e. The summed E-state index contributed by atoms with van der Waals surface area (Å²) in [7, 11) is 0. The molecule has 0 aromatic heterocycles. The van der Waals surface area contributed by atoms with E-state index in [4.69, 9.17) is 0 Å². The van der Waals surface area contributed by atoms with Crippen molar-refractivity contribution in [2.45, 2.75) is 51.1 Å². The van der Waals surface area contributed by atoms with E-state index >= 15 is 0 Å². The highest BCUT2D eigenvalue weighted by molar-refractivity contribution is 9.10. The molecule has 6 heteroatoms. The van der Waals surface area contributed by atoms with Gasteiger partial charge in [0.1, 0.15) is 6.04 Å². The van der Waals surface area contributed by atoms with Crippen molar-refractivity contribution in [2.75, 3.05) is 5.75 Å². The summed E-state index contributed by atoms with van der Waals surface area (Å²) in [6.07, 6.45) is 1.29. The van der Waals surface area contributed by atoms with Crippen molar-refractivity contribution in [2.24, 2.45) is 0 Å². The molecule has 0 fully saturated rings.